The minimum atomic E-state index is -1.13. The van der Waals surface area contributed by atoms with E-state index in [1.807, 2.05) is 30.3 Å². The van der Waals surface area contributed by atoms with E-state index in [-0.39, 0.29) is 13.2 Å². The van der Waals surface area contributed by atoms with Crippen molar-refractivity contribution in [3.63, 3.8) is 0 Å². The van der Waals surface area contributed by atoms with Crippen molar-refractivity contribution in [2.75, 3.05) is 13.2 Å². The molecule has 5 rings (SSSR count). The van der Waals surface area contributed by atoms with Gasteiger partial charge in [-0.25, -0.2) is 9.59 Å². The van der Waals surface area contributed by atoms with Crippen LogP contribution in [0.15, 0.2) is 104 Å². The molecule has 2 aliphatic heterocycles. The van der Waals surface area contributed by atoms with Crippen LogP contribution >= 0.6 is 0 Å². The van der Waals surface area contributed by atoms with Crippen molar-refractivity contribution >= 4 is 11.9 Å². The maximum Gasteiger partial charge on any atom is 0.338 e. The topological polar surface area (TPSA) is 89.5 Å². The van der Waals surface area contributed by atoms with E-state index in [0.717, 1.165) is 5.56 Å². The first-order chi connectivity index (χ1) is 18.6. The van der Waals surface area contributed by atoms with Gasteiger partial charge in [-0.2, -0.15) is 0 Å². The number of hydrogen-bond donors (Lipinski definition) is 0. The van der Waals surface area contributed by atoms with E-state index >= 15 is 0 Å². The summed E-state index contributed by atoms with van der Waals surface area (Å²) in [5.74, 6) is -1.21. The monoisotopic (exact) mass is 516 g/mol. The van der Waals surface area contributed by atoms with Crippen LogP contribution < -0.4 is 0 Å². The molecule has 2 saturated heterocycles. The molecule has 38 heavy (non-hydrogen) atoms. The fourth-order valence-electron chi connectivity index (χ4n) is 4.41. The summed E-state index contributed by atoms with van der Waals surface area (Å²) in [7, 11) is 0. The zero-order chi connectivity index (χ0) is 26.3. The second kappa shape index (κ2) is 12.1. The highest BCUT2D eigenvalue weighted by Gasteiger charge is 2.54. The number of esters is 2. The molecule has 0 aromatic heterocycles. The molecule has 0 N–H and O–H groups in total. The van der Waals surface area contributed by atoms with E-state index < -0.39 is 48.9 Å². The molecule has 0 aliphatic carbocycles. The van der Waals surface area contributed by atoms with Gasteiger partial charge in [-0.05, 0) is 24.3 Å². The fourth-order valence-corrected chi connectivity index (χ4v) is 4.41. The predicted octanol–water partition coefficient (Wildman–Crippen LogP) is 4.48. The van der Waals surface area contributed by atoms with Crippen LogP contribution in [0.3, 0.4) is 0 Å². The average molecular weight is 517 g/mol. The van der Waals surface area contributed by atoms with Crippen LogP contribution in [0.5, 0.6) is 0 Å². The van der Waals surface area contributed by atoms with E-state index in [4.69, 9.17) is 28.4 Å². The lowest BCUT2D eigenvalue weighted by molar-refractivity contribution is -0.358. The Morgan fingerprint density at radius 1 is 0.789 bits per heavy atom. The number of benzene rings is 3. The SMILES string of the molecule is C=CCO[C@H]1O[C@@H]2COC(c3ccccc3)O[C@@H]2[C@H](OC(=O)c2ccccc2)[C@H]1OC(=O)c1ccccc1. The van der Waals surface area contributed by atoms with Gasteiger partial charge in [0.1, 0.15) is 12.2 Å². The Labute approximate surface area is 220 Å². The predicted molar refractivity (Wildman–Crippen MR) is 136 cm³/mol. The molecule has 196 valence electrons. The lowest BCUT2D eigenvalue weighted by Crippen LogP contribution is -2.64. The van der Waals surface area contributed by atoms with Gasteiger partial charge >= 0.3 is 11.9 Å². The Morgan fingerprint density at radius 2 is 1.34 bits per heavy atom. The van der Waals surface area contributed by atoms with Gasteiger partial charge in [0.05, 0.1) is 24.3 Å². The minimum Gasteiger partial charge on any atom is -0.452 e. The average Bonchev–Trinajstić information content (AvgIpc) is 2.98. The third-order valence-electron chi connectivity index (χ3n) is 6.24. The molecule has 2 aliphatic rings. The van der Waals surface area contributed by atoms with E-state index in [0.29, 0.717) is 11.1 Å². The van der Waals surface area contributed by atoms with Gasteiger partial charge in [-0.15, -0.1) is 6.58 Å². The first-order valence-electron chi connectivity index (χ1n) is 12.4. The van der Waals surface area contributed by atoms with E-state index in [1.165, 1.54) is 0 Å². The Kier molecular flexibility index (Phi) is 8.25. The van der Waals surface area contributed by atoms with Crippen LogP contribution in [0.4, 0.5) is 0 Å². The Morgan fingerprint density at radius 3 is 1.92 bits per heavy atom. The number of hydrogen-bond acceptors (Lipinski definition) is 8. The maximum atomic E-state index is 13.2. The summed E-state index contributed by atoms with van der Waals surface area (Å²) in [6.45, 7) is 3.96. The molecule has 1 unspecified atom stereocenters. The highest BCUT2D eigenvalue weighted by Crippen LogP contribution is 2.37. The summed E-state index contributed by atoms with van der Waals surface area (Å²) in [6, 6.07) is 26.5. The number of carbonyl (C=O) groups excluding carboxylic acids is 2. The lowest BCUT2D eigenvalue weighted by Gasteiger charge is -2.48. The summed E-state index contributed by atoms with van der Waals surface area (Å²) in [5.41, 5.74) is 1.47. The lowest BCUT2D eigenvalue weighted by atomic mass is 9.97. The molecule has 0 radical (unpaired) electrons. The van der Waals surface area contributed by atoms with Crippen LogP contribution in [0.2, 0.25) is 0 Å². The molecule has 2 heterocycles. The zero-order valence-corrected chi connectivity index (χ0v) is 20.6. The summed E-state index contributed by atoms with van der Waals surface area (Å²) in [4.78, 5) is 26.3. The van der Waals surface area contributed by atoms with Gasteiger partial charge in [-0.3, -0.25) is 0 Å². The molecule has 3 aromatic rings. The van der Waals surface area contributed by atoms with Crippen LogP contribution in [-0.4, -0.2) is 55.9 Å². The second-order valence-electron chi connectivity index (χ2n) is 8.81. The van der Waals surface area contributed by atoms with Gasteiger partial charge in [-0.1, -0.05) is 72.8 Å². The van der Waals surface area contributed by atoms with Crippen molar-refractivity contribution in [1.82, 2.24) is 0 Å². The molecule has 8 nitrogen and oxygen atoms in total. The van der Waals surface area contributed by atoms with Crippen molar-refractivity contribution in [2.45, 2.75) is 37.0 Å². The van der Waals surface area contributed by atoms with Crippen LogP contribution in [0.1, 0.15) is 32.6 Å². The number of fused-ring (bicyclic) bond motifs is 1. The highest BCUT2D eigenvalue weighted by atomic mass is 16.8. The maximum absolute atomic E-state index is 13.2. The summed E-state index contributed by atoms with van der Waals surface area (Å²) in [5, 5.41) is 0. The van der Waals surface area contributed by atoms with Gasteiger partial charge in [0.2, 0.25) is 0 Å². The van der Waals surface area contributed by atoms with Crippen molar-refractivity contribution in [2.24, 2.45) is 0 Å². The summed E-state index contributed by atoms with van der Waals surface area (Å²) >= 11 is 0. The smallest absolute Gasteiger partial charge is 0.338 e. The molecule has 0 saturated carbocycles. The normalized spacial score (nSPS) is 26.5. The Bertz CT molecular complexity index is 1220. The highest BCUT2D eigenvalue weighted by molar-refractivity contribution is 5.90. The van der Waals surface area contributed by atoms with Crippen LogP contribution in [0.25, 0.3) is 0 Å². The zero-order valence-electron chi connectivity index (χ0n) is 20.6. The first-order valence-corrected chi connectivity index (χ1v) is 12.4. The van der Waals surface area contributed by atoms with Crippen LogP contribution in [0, 0.1) is 0 Å². The van der Waals surface area contributed by atoms with Crippen molar-refractivity contribution in [3.8, 4) is 0 Å². The third kappa shape index (κ3) is 5.84. The van der Waals surface area contributed by atoms with E-state index in [1.54, 1.807) is 66.7 Å². The summed E-state index contributed by atoms with van der Waals surface area (Å²) < 4.78 is 36.2. The van der Waals surface area contributed by atoms with E-state index in [9.17, 15) is 9.59 Å². The van der Waals surface area contributed by atoms with Gasteiger partial charge in [0.15, 0.2) is 24.8 Å². The second-order valence-corrected chi connectivity index (χ2v) is 8.81. The largest absolute Gasteiger partial charge is 0.452 e. The Hall–Kier alpha value is -3.82. The molecule has 2 fully saturated rings. The molecule has 0 bridgehead atoms. The summed E-state index contributed by atoms with van der Waals surface area (Å²) in [6.07, 6.45) is -3.88. The number of ether oxygens (including phenoxy) is 6. The third-order valence-corrected chi connectivity index (χ3v) is 6.24. The van der Waals surface area contributed by atoms with Crippen molar-refractivity contribution in [3.05, 3.63) is 120 Å². The number of rotatable bonds is 8. The minimum absolute atomic E-state index is 0.120. The molecular weight excluding hydrogens is 488 g/mol. The Balaban J connectivity index is 1.48. The quantitative estimate of drug-likeness (QED) is 0.320. The van der Waals surface area contributed by atoms with Crippen molar-refractivity contribution in [1.29, 1.82) is 0 Å². The van der Waals surface area contributed by atoms with E-state index in [2.05, 4.69) is 6.58 Å². The molecule has 6 atom stereocenters. The van der Waals surface area contributed by atoms with Gasteiger partial charge in [0, 0.05) is 5.56 Å². The van der Waals surface area contributed by atoms with Gasteiger partial charge < -0.3 is 28.4 Å². The fraction of sp³-hybridized carbons (Fsp3) is 0.267. The molecule has 8 heteroatoms. The molecule has 0 amide bonds. The van der Waals surface area contributed by atoms with Gasteiger partial charge in [0.25, 0.3) is 0 Å². The first kappa shape index (κ1) is 25.8. The van der Waals surface area contributed by atoms with Crippen molar-refractivity contribution < 1.29 is 38.0 Å². The van der Waals surface area contributed by atoms with Crippen LogP contribution in [-0.2, 0) is 28.4 Å². The molecule has 0 spiro atoms. The molecular formula is C30H28O8. The number of carbonyl (C=O) groups is 2. The molecule has 3 aromatic carbocycles. The standard InChI is InChI=1S/C30H28O8/c1-2-18-33-30-26(37-28(32)21-14-8-4-9-15-21)25(36-27(31)20-12-6-3-7-13-20)24-23(35-30)19-34-29(38-24)22-16-10-5-11-17-22/h2-17,23-26,29-30H,1,18-19H2/t23-,24+,25+,26-,29?,30+/m1/s1.